The molecule has 2 N–H and O–H groups in total. The lowest BCUT2D eigenvalue weighted by atomic mass is 9.94. The molecule has 0 spiro atoms. The van der Waals surface area contributed by atoms with E-state index in [2.05, 4.69) is 5.32 Å². The fourth-order valence-corrected chi connectivity index (χ4v) is 3.87. The van der Waals surface area contributed by atoms with Gasteiger partial charge in [-0.15, -0.1) is 0 Å². The van der Waals surface area contributed by atoms with E-state index in [0.717, 1.165) is 16.0 Å². The van der Waals surface area contributed by atoms with Crippen LogP contribution in [0.5, 0.6) is 0 Å². The van der Waals surface area contributed by atoms with Crippen LogP contribution in [0.2, 0.25) is 0 Å². The summed E-state index contributed by atoms with van der Waals surface area (Å²) in [5, 5.41) is 2.76. The summed E-state index contributed by atoms with van der Waals surface area (Å²) in [5.74, 6) is -3.08. The molecule has 1 aliphatic rings. The van der Waals surface area contributed by atoms with Crippen molar-refractivity contribution in [1.29, 1.82) is 0 Å². The van der Waals surface area contributed by atoms with E-state index in [1.165, 1.54) is 19.2 Å². The Hall–Kier alpha value is -2.45. The molecule has 0 bridgehead atoms. The highest BCUT2D eigenvalue weighted by molar-refractivity contribution is 7.99. The number of alkyl halides is 2. The number of amides is 1. The number of fused-ring (bicyclic) bond motifs is 1. The summed E-state index contributed by atoms with van der Waals surface area (Å²) in [7, 11) is 1.35. The molecule has 1 heterocycles. The van der Waals surface area contributed by atoms with E-state index in [0.29, 0.717) is 35.3 Å². The number of nitrogens with one attached hydrogen (secondary N) is 2. The minimum atomic E-state index is -2.48. The Morgan fingerprint density at radius 2 is 1.86 bits per heavy atom. The van der Waals surface area contributed by atoms with Crippen LogP contribution < -0.4 is 10.2 Å². The first kappa shape index (κ1) is 20.3. The standard InChI is InChI=1S/C20H20F2N2O3S/c1-27-19(26)17-10-13-4-2-3-5-14(13)11-24(17)12-18(25)23-15-6-8-16(9-7-15)28-20(21)22/h2-9,17,20H,10-12H2,1H3,(H,23,25)/p+1/t17-/m1/s1. The lowest BCUT2D eigenvalue weighted by Gasteiger charge is -2.31. The van der Waals surface area contributed by atoms with Crippen molar-refractivity contribution in [2.24, 2.45) is 0 Å². The monoisotopic (exact) mass is 407 g/mol. The zero-order valence-electron chi connectivity index (χ0n) is 15.3. The lowest BCUT2D eigenvalue weighted by molar-refractivity contribution is -0.924. The first-order chi connectivity index (χ1) is 13.5. The van der Waals surface area contributed by atoms with Crippen molar-refractivity contribution in [1.82, 2.24) is 0 Å². The average Bonchev–Trinajstić information content (AvgIpc) is 2.68. The van der Waals surface area contributed by atoms with Gasteiger partial charge in [-0.05, 0) is 29.8 Å². The van der Waals surface area contributed by atoms with Gasteiger partial charge in [0.05, 0.1) is 7.11 Å². The number of benzene rings is 2. The maximum atomic E-state index is 12.5. The van der Waals surface area contributed by atoms with Gasteiger partial charge >= 0.3 is 5.97 Å². The van der Waals surface area contributed by atoms with Crippen LogP contribution >= 0.6 is 11.8 Å². The van der Waals surface area contributed by atoms with Crippen LogP contribution in [0.25, 0.3) is 0 Å². The van der Waals surface area contributed by atoms with E-state index in [1.807, 2.05) is 24.3 Å². The smallest absolute Gasteiger partial charge is 0.365 e. The van der Waals surface area contributed by atoms with Gasteiger partial charge in [0.25, 0.3) is 11.7 Å². The molecule has 28 heavy (non-hydrogen) atoms. The molecule has 1 unspecified atom stereocenters. The molecule has 0 fully saturated rings. The molecule has 1 aliphatic heterocycles. The highest BCUT2D eigenvalue weighted by atomic mass is 32.2. The molecule has 0 aromatic heterocycles. The van der Waals surface area contributed by atoms with Crippen molar-refractivity contribution in [3.63, 3.8) is 0 Å². The van der Waals surface area contributed by atoms with Crippen LogP contribution in [0.15, 0.2) is 53.4 Å². The van der Waals surface area contributed by atoms with Gasteiger partial charge in [0.2, 0.25) is 0 Å². The molecule has 2 atom stereocenters. The van der Waals surface area contributed by atoms with E-state index in [9.17, 15) is 18.4 Å². The third-order valence-corrected chi connectivity index (χ3v) is 5.41. The fourth-order valence-electron chi connectivity index (χ4n) is 3.37. The highest BCUT2D eigenvalue weighted by Gasteiger charge is 2.37. The molecule has 0 saturated heterocycles. The Morgan fingerprint density at radius 1 is 1.18 bits per heavy atom. The number of rotatable bonds is 6. The Morgan fingerprint density at radius 3 is 2.50 bits per heavy atom. The number of ether oxygens (including phenoxy) is 1. The minimum absolute atomic E-state index is 0.0988. The van der Waals surface area contributed by atoms with Crippen LogP contribution in [-0.2, 0) is 27.3 Å². The Kier molecular flexibility index (Phi) is 6.64. The molecule has 0 radical (unpaired) electrons. The number of thioether (sulfide) groups is 1. The van der Waals surface area contributed by atoms with E-state index >= 15 is 0 Å². The number of hydrogen-bond donors (Lipinski definition) is 2. The number of carbonyl (C=O) groups excluding carboxylic acids is 2. The first-order valence-electron chi connectivity index (χ1n) is 8.80. The van der Waals surface area contributed by atoms with Crippen molar-refractivity contribution in [3.05, 3.63) is 59.7 Å². The third-order valence-electron chi connectivity index (χ3n) is 4.69. The first-order valence-corrected chi connectivity index (χ1v) is 9.68. The van der Waals surface area contributed by atoms with Crippen molar-refractivity contribution < 1.29 is 28.0 Å². The summed E-state index contributed by atoms with van der Waals surface area (Å²) < 4.78 is 29.7. The zero-order valence-corrected chi connectivity index (χ0v) is 16.1. The number of anilines is 1. The summed E-state index contributed by atoms with van der Waals surface area (Å²) in [6.45, 7) is 0.648. The SMILES string of the molecule is COC(=O)[C@H]1Cc2ccccc2C[NH+]1CC(=O)Nc1ccc(SC(F)F)cc1. The van der Waals surface area contributed by atoms with Crippen LogP contribution in [0.4, 0.5) is 14.5 Å². The Bertz CT molecular complexity index is 846. The van der Waals surface area contributed by atoms with Gasteiger partial charge in [0, 0.05) is 22.6 Å². The topological polar surface area (TPSA) is 59.8 Å². The quantitative estimate of drug-likeness (QED) is 0.569. The van der Waals surface area contributed by atoms with E-state index in [4.69, 9.17) is 4.74 Å². The second-order valence-electron chi connectivity index (χ2n) is 6.51. The number of carbonyl (C=O) groups is 2. The molecule has 1 amide bonds. The molecule has 8 heteroatoms. The van der Waals surface area contributed by atoms with Gasteiger partial charge in [0.1, 0.15) is 6.54 Å². The van der Waals surface area contributed by atoms with Crippen LogP contribution in [0.1, 0.15) is 11.1 Å². The summed E-state index contributed by atoms with van der Waals surface area (Å²) in [5.41, 5.74) is 2.73. The summed E-state index contributed by atoms with van der Waals surface area (Å²) in [4.78, 5) is 26.0. The van der Waals surface area contributed by atoms with E-state index < -0.39 is 11.8 Å². The van der Waals surface area contributed by atoms with Gasteiger partial charge in [-0.2, -0.15) is 8.78 Å². The predicted molar refractivity (Wildman–Crippen MR) is 102 cm³/mol. The summed E-state index contributed by atoms with van der Waals surface area (Å²) >= 11 is 0.452. The normalized spacial score (nSPS) is 18.4. The second kappa shape index (κ2) is 9.16. The largest absolute Gasteiger partial charge is 0.465 e. The van der Waals surface area contributed by atoms with Crippen molar-refractivity contribution >= 4 is 29.3 Å². The molecule has 2 aromatic rings. The highest BCUT2D eigenvalue weighted by Crippen LogP contribution is 2.26. The average molecular weight is 407 g/mol. The number of hydrogen-bond acceptors (Lipinski definition) is 4. The molecule has 0 aliphatic carbocycles. The van der Waals surface area contributed by atoms with Crippen molar-refractivity contribution in [2.75, 3.05) is 19.0 Å². The van der Waals surface area contributed by atoms with Crippen LogP contribution in [-0.4, -0.2) is 37.3 Å². The molecule has 0 saturated carbocycles. The van der Waals surface area contributed by atoms with Crippen LogP contribution in [0.3, 0.4) is 0 Å². The Labute approximate surface area is 166 Å². The van der Waals surface area contributed by atoms with E-state index in [-0.39, 0.29) is 18.4 Å². The number of halogens is 2. The number of methoxy groups -OCH3 is 1. The lowest BCUT2D eigenvalue weighted by Crippen LogP contribution is -3.17. The predicted octanol–water partition coefficient (Wildman–Crippen LogP) is 2.12. The molecule has 5 nitrogen and oxygen atoms in total. The van der Waals surface area contributed by atoms with Gasteiger partial charge in [-0.3, -0.25) is 4.79 Å². The third kappa shape index (κ3) is 5.08. The molecular formula is C20H21F2N2O3S+. The van der Waals surface area contributed by atoms with Gasteiger partial charge in [0.15, 0.2) is 12.6 Å². The zero-order chi connectivity index (χ0) is 20.1. The van der Waals surface area contributed by atoms with Gasteiger partial charge < -0.3 is 15.0 Å². The van der Waals surface area contributed by atoms with E-state index in [1.54, 1.807) is 12.1 Å². The number of quaternary nitrogens is 1. The minimum Gasteiger partial charge on any atom is -0.465 e. The maximum absolute atomic E-state index is 12.5. The second-order valence-corrected chi connectivity index (χ2v) is 7.57. The van der Waals surface area contributed by atoms with Gasteiger partial charge in [-0.1, -0.05) is 36.0 Å². The molecular weight excluding hydrogens is 386 g/mol. The van der Waals surface area contributed by atoms with Crippen LogP contribution in [0, 0.1) is 0 Å². The fraction of sp³-hybridized carbons (Fsp3) is 0.300. The van der Waals surface area contributed by atoms with Crippen molar-refractivity contribution in [2.45, 2.75) is 29.7 Å². The number of esters is 1. The summed E-state index contributed by atoms with van der Waals surface area (Å²) in [6, 6.07) is 13.6. The molecule has 3 rings (SSSR count). The van der Waals surface area contributed by atoms with Gasteiger partial charge in [-0.25, -0.2) is 4.79 Å². The Balaban J connectivity index is 1.66. The molecule has 2 aromatic carbocycles. The maximum Gasteiger partial charge on any atom is 0.365 e. The van der Waals surface area contributed by atoms with Crippen molar-refractivity contribution in [3.8, 4) is 0 Å². The summed E-state index contributed by atoms with van der Waals surface area (Å²) in [6.07, 6.45) is 0.519. The molecule has 148 valence electrons.